The molecule has 4 rings (SSSR count). The van der Waals surface area contributed by atoms with Crippen LogP contribution < -0.4 is 9.54 Å². The molecule has 156 valence electrons. The number of hydrogen-bond donors (Lipinski definition) is 0. The Bertz CT molecular complexity index is 1330. The van der Waals surface area contributed by atoms with Crippen molar-refractivity contribution in [2.45, 2.75) is 6.54 Å². The van der Waals surface area contributed by atoms with Gasteiger partial charge in [0.25, 0.3) is 5.91 Å². The minimum Gasteiger partial charge on any atom is -0.468 e. The fraction of sp³-hybridized carbons (Fsp3) is 0.0870. The number of para-hydroxylation sites is 1. The van der Waals surface area contributed by atoms with E-state index in [9.17, 15) is 9.59 Å². The van der Waals surface area contributed by atoms with E-state index in [4.69, 9.17) is 9.47 Å². The lowest BCUT2D eigenvalue weighted by molar-refractivity contribution is -0.141. The molecule has 3 aromatic carbocycles. The van der Waals surface area contributed by atoms with Crippen molar-refractivity contribution in [1.82, 2.24) is 4.57 Å². The molecule has 6 nitrogen and oxygen atoms in total. The molecule has 1 aromatic heterocycles. The first-order valence-corrected chi connectivity index (χ1v) is 10.9. The maximum Gasteiger partial charge on any atom is 0.325 e. The van der Waals surface area contributed by atoms with Crippen LogP contribution >= 0.6 is 27.3 Å². The van der Waals surface area contributed by atoms with E-state index in [1.807, 2.05) is 48.5 Å². The number of aromatic nitrogens is 1. The Morgan fingerprint density at radius 1 is 1.00 bits per heavy atom. The molecule has 0 unspecified atom stereocenters. The number of methoxy groups -OCH3 is 1. The van der Waals surface area contributed by atoms with Gasteiger partial charge in [-0.15, -0.1) is 0 Å². The van der Waals surface area contributed by atoms with Crippen molar-refractivity contribution < 1.29 is 19.1 Å². The van der Waals surface area contributed by atoms with Crippen molar-refractivity contribution in [1.29, 1.82) is 0 Å². The summed E-state index contributed by atoms with van der Waals surface area (Å²) in [4.78, 5) is 29.6. The fourth-order valence-corrected chi connectivity index (χ4v) is 4.53. The summed E-state index contributed by atoms with van der Waals surface area (Å²) in [6.45, 7) is -0.0403. The molecule has 1 heterocycles. The average molecular weight is 497 g/mol. The van der Waals surface area contributed by atoms with E-state index in [-0.39, 0.29) is 6.54 Å². The molecule has 0 saturated heterocycles. The minimum absolute atomic E-state index is 0.0403. The Morgan fingerprint density at radius 3 is 2.55 bits per heavy atom. The van der Waals surface area contributed by atoms with E-state index in [1.165, 1.54) is 18.4 Å². The molecule has 8 heteroatoms. The Morgan fingerprint density at radius 2 is 1.77 bits per heavy atom. The SMILES string of the molecule is COC(=O)Cn1c(=NC(=O)c2cccc(Oc3ccccc3)c2)sc2cc(Br)ccc21. The number of nitrogens with zero attached hydrogens (tertiary/aromatic N) is 2. The number of rotatable bonds is 5. The summed E-state index contributed by atoms with van der Waals surface area (Å²) < 4.78 is 14.1. The van der Waals surface area contributed by atoms with Crippen molar-refractivity contribution >= 4 is 49.4 Å². The normalized spacial score (nSPS) is 11.5. The summed E-state index contributed by atoms with van der Waals surface area (Å²) in [5.41, 5.74) is 1.18. The maximum atomic E-state index is 12.9. The summed E-state index contributed by atoms with van der Waals surface area (Å²) in [5.74, 6) is 0.363. The highest BCUT2D eigenvalue weighted by Crippen LogP contribution is 2.24. The fourth-order valence-electron chi connectivity index (χ4n) is 2.95. The van der Waals surface area contributed by atoms with Crippen LogP contribution in [0, 0.1) is 0 Å². The molecule has 0 N–H and O–H groups in total. The molecular weight excluding hydrogens is 480 g/mol. The summed E-state index contributed by atoms with van der Waals surface area (Å²) in [7, 11) is 1.33. The van der Waals surface area contributed by atoms with E-state index in [2.05, 4.69) is 20.9 Å². The summed E-state index contributed by atoms with van der Waals surface area (Å²) in [6.07, 6.45) is 0. The van der Waals surface area contributed by atoms with E-state index in [0.29, 0.717) is 21.9 Å². The van der Waals surface area contributed by atoms with Crippen LogP contribution in [0.5, 0.6) is 11.5 Å². The molecule has 1 amide bonds. The van der Waals surface area contributed by atoms with Gasteiger partial charge in [-0.3, -0.25) is 9.59 Å². The number of halogens is 1. The van der Waals surface area contributed by atoms with Gasteiger partial charge in [-0.2, -0.15) is 4.99 Å². The van der Waals surface area contributed by atoms with Crippen molar-refractivity contribution in [3.05, 3.63) is 87.6 Å². The van der Waals surface area contributed by atoms with Gasteiger partial charge in [-0.25, -0.2) is 0 Å². The van der Waals surface area contributed by atoms with Crippen LogP contribution in [-0.2, 0) is 16.1 Å². The molecular formula is C23H17BrN2O4S. The van der Waals surface area contributed by atoms with E-state index >= 15 is 0 Å². The quantitative estimate of drug-likeness (QED) is 0.357. The molecule has 0 radical (unpaired) electrons. The molecule has 4 aromatic rings. The highest BCUT2D eigenvalue weighted by molar-refractivity contribution is 9.10. The van der Waals surface area contributed by atoms with Crippen LogP contribution in [0.15, 0.2) is 82.3 Å². The predicted molar refractivity (Wildman–Crippen MR) is 122 cm³/mol. The van der Waals surface area contributed by atoms with E-state index < -0.39 is 11.9 Å². The molecule has 31 heavy (non-hydrogen) atoms. The lowest BCUT2D eigenvalue weighted by atomic mass is 10.2. The van der Waals surface area contributed by atoms with Crippen molar-refractivity contribution in [3.8, 4) is 11.5 Å². The van der Waals surface area contributed by atoms with Gasteiger partial charge in [0, 0.05) is 10.0 Å². The Hall–Kier alpha value is -3.23. The lowest BCUT2D eigenvalue weighted by Gasteiger charge is -2.06. The summed E-state index contributed by atoms with van der Waals surface area (Å²) >= 11 is 4.77. The van der Waals surface area contributed by atoms with Gasteiger partial charge in [0.1, 0.15) is 18.0 Å². The largest absolute Gasteiger partial charge is 0.468 e. The molecule has 0 fully saturated rings. The van der Waals surface area contributed by atoms with Crippen molar-refractivity contribution in [2.75, 3.05) is 7.11 Å². The standard InChI is InChI=1S/C23H17BrN2O4S/c1-29-21(27)14-26-19-11-10-16(24)13-20(19)31-23(26)25-22(28)15-6-5-9-18(12-15)30-17-7-3-2-4-8-17/h2-13H,14H2,1H3. The second-order valence-corrected chi connectivity index (χ2v) is 8.44. The number of carbonyl (C=O) groups is 2. The molecule has 0 saturated carbocycles. The molecule has 0 aliphatic carbocycles. The molecule has 0 aliphatic heterocycles. The second-order valence-electron chi connectivity index (χ2n) is 6.52. The number of thiazole rings is 1. The van der Waals surface area contributed by atoms with Crippen LogP contribution in [0.4, 0.5) is 0 Å². The van der Waals surface area contributed by atoms with Gasteiger partial charge in [0.15, 0.2) is 4.80 Å². The topological polar surface area (TPSA) is 69.9 Å². The summed E-state index contributed by atoms with van der Waals surface area (Å²) in [6, 6.07) is 21.8. The van der Waals surface area contributed by atoms with Gasteiger partial charge in [-0.05, 0) is 48.5 Å². The first kappa shape index (κ1) is 21.0. The van der Waals surface area contributed by atoms with Crippen LogP contribution in [-0.4, -0.2) is 23.6 Å². The van der Waals surface area contributed by atoms with Crippen LogP contribution in [0.1, 0.15) is 10.4 Å². The first-order chi connectivity index (χ1) is 15.0. The lowest BCUT2D eigenvalue weighted by Crippen LogP contribution is -2.22. The molecule has 0 bridgehead atoms. The number of fused-ring (bicyclic) bond motifs is 1. The van der Waals surface area contributed by atoms with Crippen LogP contribution in [0.3, 0.4) is 0 Å². The van der Waals surface area contributed by atoms with E-state index in [1.54, 1.807) is 28.8 Å². The van der Waals surface area contributed by atoms with E-state index in [0.717, 1.165) is 14.7 Å². The molecule has 0 spiro atoms. The van der Waals surface area contributed by atoms with Crippen molar-refractivity contribution in [3.63, 3.8) is 0 Å². The zero-order valence-electron chi connectivity index (χ0n) is 16.4. The highest BCUT2D eigenvalue weighted by atomic mass is 79.9. The second kappa shape index (κ2) is 9.28. The zero-order valence-corrected chi connectivity index (χ0v) is 18.9. The Labute approximate surface area is 190 Å². The number of benzene rings is 3. The number of hydrogen-bond acceptors (Lipinski definition) is 5. The Kier molecular flexibility index (Phi) is 6.29. The molecule has 0 aliphatic rings. The maximum absolute atomic E-state index is 12.9. The highest BCUT2D eigenvalue weighted by Gasteiger charge is 2.13. The minimum atomic E-state index is -0.428. The van der Waals surface area contributed by atoms with Gasteiger partial charge in [-0.1, -0.05) is 51.5 Å². The predicted octanol–water partition coefficient (Wildman–Crippen LogP) is 5.17. The average Bonchev–Trinajstić information content (AvgIpc) is 3.10. The summed E-state index contributed by atoms with van der Waals surface area (Å²) in [5, 5.41) is 0. The third-order valence-electron chi connectivity index (χ3n) is 4.42. The number of carbonyl (C=O) groups excluding carboxylic acids is 2. The number of amides is 1. The van der Waals surface area contributed by atoms with Gasteiger partial charge < -0.3 is 14.0 Å². The molecule has 0 atom stereocenters. The van der Waals surface area contributed by atoms with Crippen molar-refractivity contribution in [2.24, 2.45) is 4.99 Å². The van der Waals surface area contributed by atoms with Gasteiger partial charge >= 0.3 is 5.97 Å². The Balaban J connectivity index is 1.71. The zero-order chi connectivity index (χ0) is 21.8. The first-order valence-electron chi connectivity index (χ1n) is 9.31. The third-order valence-corrected chi connectivity index (χ3v) is 5.95. The number of esters is 1. The number of ether oxygens (including phenoxy) is 2. The third kappa shape index (κ3) is 4.92. The smallest absolute Gasteiger partial charge is 0.325 e. The van der Waals surface area contributed by atoms with Crippen LogP contribution in [0.25, 0.3) is 10.2 Å². The monoisotopic (exact) mass is 496 g/mol. The van der Waals surface area contributed by atoms with Crippen LogP contribution in [0.2, 0.25) is 0 Å². The van der Waals surface area contributed by atoms with Gasteiger partial charge in [0.05, 0.1) is 17.3 Å². The van der Waals surface area contributed by atoms with Gasteiger partial charge in [0.2, 0.25) is 0 Å².